The summed E-state index contributed by atoms with van der Waals surface area (Å²) in [4.78, 5) is 10.9. The van der Waals surface area contributed by atoms with Gasteiger partial charge < -0.3 is 4.74 Å². The van der Waals surface area contributed by atoms with Crippen LogP contribution in [-0.2, 0) is 0 Å². The maximum absolute atomic E-state index is 6.05. The maximum Gasteiger partial charge on any atom is 0.231 e. The molecule has 0 aliphatic carbocycles. The average molecular weight is 284 g/mol. The summed E-state index contributed by atoms with van der Waals surface area (Å²) in [7, 11) is 0. The Morgan fingerprint density at radius 1 is 1.05 bits per heavy atom. The van der Waals surface area contributed by atoms with Crippen LogP contribution in [0.5, 0.6) is 11.6 Å². The number of hydrogen-bond donors (Lipinski definition) is 0. The fourth-order valence-electron chi connectivity index (χ4n) is 2.15. The Hall–Kier alpha value is -1.94. The highest BCUT2D eigenvalue weighted by Crippen LogP contribution is 2.36. The van der Waals surface area contributed by atoms with E-state index in [0.717, 1.165) is 21.5 Å². The van der Waals surface area contributed by atoms with Gasteiger partial charge in [-0.1, -0.05) is 12.1 Å². The van der Waals surface area contributed by atoms with Gasteiger partial charge in [0.05, 0.1) is 5.39 Å². The predicted octanol–water partition coefficient (Wildman–Crippen LogP) is 4.72. The topological polar surface area (TPSA) is 35.0 Å². The minimum atomic E-state index is 0.644. The van der Waals surface area contributed by atoms with Crippen molar-refractivity contribution in [2.24, 2.45) is 0 Å². The van der Waals surface area contributed by atoms with Crippen molar-refractivity contribution in [1.29, 1.82) is 0 Å². The fraction of sp³-hybridized carbons (Fsp3) is 0.250. The summed E-state index contributed by atoms with van der Waals surface area (Å²) in [5.41, 5.74) is 3.48. The zero-order valence-electron chi connectivity index (χ0n) is 12.0. The predicted molar refractivity (Wildman–Crippen MR) is 82.9 cm³/mol. The van der Waals surface area contributed by atoms with Crippen molar-refractivity contribution in [2.45, 2.75) is 27.7 Å². The molecule has 20 heavy (non-hydrogen) atoms. The van der Waals surface area contributed by atoms with Gasteiger partial charge in [-0.2, -0.15) is 0 Å². The summed E-state index contributed by atoms with van der Waals surface area (Å²) < 4.78 is 6.05. The molecule has 3 nitrogen and oxygen atoms in total. The third-order valence-corrected chi connectivity index (χ3v) is 4.60. The van der Waals surface area contributed by atoms with Gasteiger partial charge in [0.2, 0.25) is 5.88 Å². The van der Waals surface area contributed by atoms with Crippen molar-refractivity contribution in [1.82, 2.24) is 9.97 Å². The first-order valence-corrected chi connectivity index (χ1v) is 7.33. The van der Waals surface area contributed by atoms with Gasteiger partial charge in [-0.05, 0) is 50.5 Å². The first-order valence-electron chi connectivity index (χ1n) is 6.52. The molecule has 0 spiro atoms. The number of aromatic nitrogens is 2. The second-order valence-electron chi connectivity index (χ2n) is 5.01. The maximum atomic E-state index is 6.05. The van der Waals surface area contributed by atoms with E-state index < -0.39 is 0 Å². The van der Waals surface area contributed by atoms with Crippen LogP contribution in [0.25, 0.3) is 10.2 Å². The second kappa shape index (κ2) is 4.87. The molecule has 0 unspecified atom stereocenters. The molecular formula is C16H16N2OS. The van der Waals surface area contributed by atoms with Crippen LogP contribution in [0.15, 0.2) is 24.5 Å². The van der Waals surface area contributed by atoms with E-state index >= 15 is 0 Å². The summed E-state index contributed by atoms with van der Waals surface area (Å²) in [6.45, 7) is 8.29. The molecule has 1 aromatic carbocycles. The molecule has 0 saturated heterocycles. The molecule has 0 bridgehead atoms. The molecule has 0 atom stereocenters. The van der Waals surface area contributed by atoms with Crippen LogP contribution in [-0.4, -0.2) is 9.97 Å². The van der Waals surface area contributed by atoms with Crippen molar-refractivity contribution in [2.75, 3.05) is 0 Å². The molecule has 2 heterocycles. The molecule has 0 radical (unpaired) electrons. The summed E-state index contributed by atoms with van der Waals surface area (Å²) in [6.07, 6.45) is 1.57. The Bertz CT molecular complexity index is 793. The van der Waals surface area contributed by atoms with Gasteiger partial charge in [0.25, 0.3) is 0 Å². The normalized spacial score (nSPS) is 11.0. The Labute approximate surface area is 122 Å². The summed E-state index contributed by atoms with van der Waals surface area (Å²) >= 11 is 1.68. The van der Waals surface area contributed by atoms with Crippen LogP contribution < -0.4 is 4.74 Å². The lowest BCUT2D eigenvalue weighted by Gasteiger charge is -2.09. The van der Waals surface area contributed by atoms with Gasteiger partial charge in [0.1, 0.15) is 16.9 Å². The van der Waals surface area contributed by atoms with E-state index in [1.807, 2.05) is 13.0 Å². The van der Waals surface area contributed by atoms with Gasteiger partial charge in [0.15, 0.2) is 0 Å². The third-order valence-electron chi connectivity index (χ3n) is 3.48. The quantitative estimate of drug-likeness (QED) is 0.683. The number of thiophene rings is 1. The minimum Gasteiger partial charge on any atom is -0.438 e. The Morgan fingerprint density at radius 2 is 1.85 bits per heavy atom. The largest absolute Gasteiger partial charge is 0.438 e. The molecule has 3 rings (SSSR count). The first-order chi connectivity index (χ1) is 9.56. The van der Waals surface area contributed by atoms with Crippen LogP contribution in [0.3, 0.4) is 0 Å². The molecule has 0 aliphatic heterocycles. The smallest absolute Gasteiger partial charge is 0.231 e. The summed E-state index contributed by atoms with van der Waals surface area (Å²) in [5, 5.41) is 1.02. The van der Waals surface area contributed by atoms with Crippen LogP contribution in [0.1, 0.15) is 21.6 Å². The van der Waals surface area contributed by atoms with Crippen molar-refractivity contribution in [3.63, 3.8) is 0 Å². The van der Waals surface area contributed by atoms with E-state index in [-0.39, 0.29) is 0 Å². The van der Waals surface area contributed by atoms with E-state index in [4.69, 9.17) is 4.74 Å². The van der Waals surface area contributed by atoms with Gasteiger partial charge in [-0.15, -0.1) is 11.3 Å². The highest BCUT2D eigenvalue weighted by Gasteiger charge is 2.14. The van der Waals surface area contributed by atoms with Gasteiger partial charge in [-0.25, -0.2) is 9.97 Å². The van der Waals surface area contributed by atoms with E-state index in [0.29, 0.717) is 5.88 Å². The Morgan fingerprint density at radius 3 is 2.65 bits per heavy atom. The fourth-order valence-corrected chi connectivity index (χ4v) is 3.14. The van der Waals surface area contributed by atoms with E-state index in [1.54, 1.807) is 17.7 Å². The van der Waals surface area contributed by atoms with E-state index in [9.17, 15) is 0 Å². The molecule has 4 heteroatoms. The van der Waals surface area contributed by atoms with Crippen LogP contribution in [0, 0.1) is 27.7 Å². The number of fused-ring (bicyclic) bond motifs is 1. The molecule has 3 aromatic rings. The molecule has 0 aliphatic rings. The highest BCUT2D eigenvalue weighted by molar-refractivity contribution is 7.18. The lowest BCUT2D eigenvalue weighted by molar-refractivity contribution is 0.464. The third kappa shape index (κ3) is 2.16. The molecule has 0 amide bonds. The Kier molecular flexibility index (Phi) is 3.18. The summed E-state index contributed by atoms with van der Waals surface area (Å²) in [6, 6.07) is 6.18. The van der Waals surface area contributed by atoms with Crippen molar-refractivity contribution >= 4 is 21.6 Å². The second-order valence-corrected chi connectivity index (χ2v) is 6.22. The van der Waals surface area contributed by atoms with Crippen molar-refractivity contribution < 1.29 is 4.74 Å². The Balaban J connectivity index is 2.13. The van der Waals surface area contributed by atoms with Gasteiger partial charge in [0, 0.05) is 4.88 Å². The lowest BCUT2D eigenvalue weighted by Crippen LogP contribution is -1.93. The summed E-state index contributed by atoms with van der Waals surface area (Å²) in [5.74, 6) is 1.50. The number of hydrogen-bond acceptors (Lipinski definition) is 4. The van der Waals surface area contributed by atoms with Crippen LogP contribution in [0.2, 0.25) is 0 Å². The first kappa shape index (κ1) is 13.1. The van der Waals surface area contributed by atoms with Gasteiger partial charge in [-0.3, -0.25) is 0 Å². The number of nitrogens with zero attached hydrogens (tertiary/aromatic N) is 2. The monoisotopic (exact) mass is 284 g/mol. The number of rotatable bonds is 2. The average Bonchev–Trinajstić information content (AvgIpc) is 2.71. The molecule has 2 aromatic heterocycles. The molecule has 0 fully saturated rings. The van der Waals surface area contributed by atoms with E-state index in [2.05, 4.69) is 42.9 Å². The zero-order valence-corrected chi connectivity index (χ0v) is 12.8. The van der Waals surface area contributed by atoms with Crippen molar-refractivity contribution in [3.8, 4) is 11.6 Å². The number of ether oxygens (including phenoxy) is 1. The standard InChI is InChI=1S/C16H16N2OS/c1-9-5-6-10(2)13(7-9)19-15-14-11(3)12(4)20-16(14)18-8-17-15/h5-8H,1-4H3. The number of aryl methyl sites for hydroxylation is 4. The molecule has 0 N–H and O–H groups in total. The lowest BCUT2D eigenvalue weighted by atomic mass is 10.1. The molecular weight excluding hydrogens is 268 g/mol. The molecule has 102 valence electrons. The van der Waals surface area contributed by atoms with Crippen LogP contribution in [0.4, 0.5) is 0 Å². The number of benzene rings is 1. The van der Waals surface area contributed by atoms with Crippen molar-refractivity contribution in [3.05, 3.63) is 46.1 Å². The van der Waals surface area contributed by atoms with Crippen LogP contribution >= 0.6 is 11.3 Å². The minimum absolute atomic E-state index is 0.644. The van der Waals surface area contributed by atoms with Gasteiger partial charge >= 0.3 is 0 Å². The molecule has 0 saturated carbocycles. The SMILES string of the molecule is Cc1ccc(C)c(Oc2ncnc3sc(C)c(C)c23)c1. The highest BCUT2D eigenvalue weighted by atomic mass is 32.1. The van der Waals surface area contributed by atoms with E-state index in [1.165, 1.54) is 16.0 Å². The zero-order chi connectivity index (χ0) is 14.3.